The summed E-state index contributed by atoms with van der Waals surface area (Å²) in [5, 5.41) is 5.16. The zero-order valence-electron chi connectivity index (χ0n) is 29.9. The average molecular weight is 804 g/mol. The third-order valence-electron chi connectivity index (χ3n) is 11.3. The first-order valence-electron chi connectivity index (χ1n) is 18.2. The fourth-order valence-corrected chi connectivity index (χ4v) is 8.68. The molecular formula is C48H32FN5Pd. The maximum absolute atomic E-state index is 16.9. The molecule has 1 atom stereocenters. The minimum absolute atomic E-state index is 0. The van der Waals surface area contributed by atoms with Crippen LogP contribution in [0.25, 0.3) is 54.8 Å². The monoisotopic (exact) mass is 803 g/mol. The van der Waals surface area contributed by atoms with Crippen LogP contribution in [-0.4, -0.2) is 18.9 Å². The van der Waals surface area contributed by atoms with Crippen LogP contribution in [-0.2, 0) is 25.8 Å². The number of para-hydroxylation sites is 3. The van der Waals surface area contributed by atoms with Crippen molar-refractivity contribution in [3.63, 3.8) is 0 Å². The number of rotatable bonds is 4. The topological polar surface area (TPSA) is 38.4 Å². The Morgan fingerprint density at radius 1 is 0.618 bits per heavy atom. The van der Waals surface area contributed by atoms with Gasteiger partial charge in [0.2, 0.25) is 0 Å². The number of pyridine rings is 2. The van der Waals surface area contributed by atoms with Crippen LogP contribution in [0, 0.1) is 12.1 Å². The minimum atomic E-state index is -1.47. The number of benzene rings is 6. The Kier molecular flexibility index (Phi) is 7.58. The van der Waals surface area contributed by atoms with Gasteiger partial charge in [-0.2, -0.15) is 18.2 Å². The predicted octanol–water partition coefficient (Wildman–Crippen LogP) is 11.9. The molecule has 0 spiro atoms. The second-order valence-corrected chi connectivity index (χ2v) is 14.6. The second-order valence-electron chi connectivity index (χ2n) is 14.6. The van der Waals surface area contributed by atoms with E-state index in [4.69, 9.17) is 4.98 Å². The van der Waals surface area contributed by atoms with E-state index in [9.17, 15) is 0 Å². The van der Waals surface area contributed by atoms with Crippen LogP contribution in [0.2, 0.25) is 0 Å². The van der Waals surface area contributed by atoms with E-state index in [0.717, 1.165) is 83.1 Å². The molecule has 0 radical (unpaired) electrons. The first-order chi connectivity index (χ1) is 26.5. The van der Waals surface area contributed by atoms with Gasteiger partial charge in [-0.15, -0.1) is 29.8 Å². The Morgan fingerprint density at radius 2 is 1.36 bits per heavy atom. The quantitative estimate of drug-likeness (QED) is 0.101. The van der Waals surface area contributed by atoms with Crippen molar-refractivity contribution in [2.75, 3.05) is 4.90 Å². The Bertz CT molecular complexity index is 3130. The molecule has 0 N–H and O–H groups in total. The average Bonchev–Trinajstić information content (AvgIpc) is 3.84. The number of alkyl halides is 1. The van der Waals surface area contributed by atoms with Gasteiger partial charge in [0.25, 0.3) is 0 Å². The van der Waals surface area contributed by atoms with Gasteiger partial charge >= 0.3 is 20.4 Å². The smallest absolute Gasteiger partial charge is 0.340 e. The van der Waals surface area contributed by atoms with Crippen LogP contribution in [0.3, 0.4) is 0 Å². The van der Waals surface area contributed by atoms with Crippen LogP contribution in [0.1, 0.15) is 42.3 Å². The fraction of sp³-hybridized carbons (Fsp3) is 0.0833. The van der Waals surface area contributed by atoms with Crippen LogP contribution in [0.5, 0.6) is 0 Å². The molecule has 7 heteroatoms. The van der Waals surface area contributed by atoms with Crippen molar-refractivity contribution in [1.82, 2.24) is 18.9 Å². The van der Waals surface area contributed by atoms with Crippen LogP contribution < -0.4 is 4.90 Å². The third kappa shape index (κ3) is 4.87. The van der Waals surface area contributed by atoms with Crippen molar-refractivity contribution in [2.45, 2.75) is 25.4 Å². The molecule has 1 unspecified atom stereocenters. The summed E-state index contributed by atoms with van der Waals surface area (Å²) < 4.78 is 21.3. The van der Waals surface area contributed by atoms with Gasteiger partial charge in [0.05, 0.1) is 22.4 Å². The Morgan fingerprint density at radius 3 is 2.20 bits per heavy atom. The van der Waals surface area contributed by atoms with Gasteiger partial charge in [-0.05, 0) is 53.4 Å². The number of hydrogen-bond acceptors (Lipinski definition) is 3. The van der Waals surface area contributed by atoms with Gasteiger partial charge < -0.3 is 13.9 Å². The van der Waals surface area contributed by atoms with Crippen molar-refractivity contribution in [2.24, 2.45) is 0 Å². The molecule has 5 heterocycles. The molecule has 11 rings (SSSR count). The van der Waals surface area contributed by atoms with Gasteiger partial charge in [0, 0.05) is 51.5 Å². The molecule has 1 aliphatic heterocycles. The molecule has 5 nitrogen and oxygen atoms in total. The molecule has 55 heavy (non-hydrogen) atoms. The van der Waals surface area contributed by atoms with E-state index in [2.05, 4.69) is 125 Å². The number of nitrogens with zero attached hydrogens (tertiary/aromatic N) is 5. The van der Waals surface area contributed by atoms with Gasteiger partial charge in [0.15, 0.2) is 0 Å². The normalized spacial score (nSPS) is 14.0. The summed E-state index contributed by atoms with van der Waals surface area (Å²) in [4.78, 5) is 11.8. The van der Waals surface area contributed by atoms with Crippen molar-refractivity contribution in [3.8, 4) is 5.69 Å². The summed E-state index contributed by atoms with van der Waals surface area (Å²) >= 11 is 0. The van der Waals surface area contributed by atoms with Crippen molar-refractivity contribution >= 4 is 66.3 Å². The summed E-state index contributed by atoms with van der Waals surface area (Å²) in [5.74, 6) is 0.816. The van der Waals surface area contributed by atoms with E-state index in [1.807, 2.05) is 65.3 Å². The number of fused-ring (bicyclic) bond motifs is 11. The van der Waals surface area contributed by atoms with E-state index in [-0.39, 0.29) is 25.8 Å². The molecule has 0 aliphatic carbocycles. The van der Waals surface area contributed by atoms with Gasteiger partial charge in [-0.3, -0.25) is 4.98 Å². The summed E-state index contributed by atoms with van der Waals surface area (Å²) in [6.07, 6.45) is 4.09. The van der Waals surface area contributed by atoms with Gasteiger partial charge in [-0.1, -0.05) is 96.5 Å². The molecule has 0 amide bonds. The van der Waals surface area contributed by atoms with E-state index in [0.29, 0.717) is 11.1 Å². The number of anilines is 3. The SMILES string of the molecule is CC1(C)c2cc3c(cc2N(c2[c-]c(C(F)c4[c-]c5c(cc4)c4ccccc4n4ccnc54)ccc2)c2ncccc21)c1ccccc1n3-c1ccccc1.[Pd+2]. The largest absolute Gasteiger partial charge is 2.00 e. The first kappa shape index (κ1) is 33.4. The summed E-state index contributed by atoms with van der Waals surface area (Å²) in [6.45, 7) is 4.52. The number of halogens is 1. The van der Waals surface area contributed by atoms with E-state index >= 15 is 4.39 Å². The van der Waals surface area contributed by atoms with Crippen molar-refractivity contribution < 1.29 is 24.8 Å². The maximum Gasteiger partial charge on any atom is 2.00 e. The zero-order chi connectivity index (χ0) is 36.1. The number of hydrogen-bond donors (Lipinski definition) is 0. The number of imidazole rings is 1. The predicted molar refractivity (Wildman–Crippen MR) is 216 cm³/mol. The summed E-state index contributed by atoms with van der Waals surface area (Å²) in [5.41, 5.74) is 9.66. The van der Waals surface area contributed by atoms with Crippen LogP contribution in [0.15, 0.2) is 152 Å². The molecule has 4 aromatic heterocycles. The molecule has 266 valence electrons. The molecule has 0 bridgehead atoms. The van der Waals surface area contributed by atoms with Crippen molar-refractivity contribution in [1.29, 1.82) is 0 Å². The number of aromatic nitrogens is 4. The standard InChI is InChI=1S/C48H32FN5.Pd/c1-48(2)39-18-11-23-50-47(39)54(44-28-37-36-17-7-9-20-42(36)53(43(37)29-40(44)48)32-13-4-3-5-14-32)33-15-10-12-30(26-33)45(49)31-21-22-34-35-16-6-8-19-41(35)52-25-24-51-46(52)38(34)27-31;/h3-25,28-29,45H,1-2H3;/q-2;+2. The van der Waals surface area contributed by atoms with Crippen LogP contribution in [0.4, 0.5) is 21.6 Å². The van der Waals surface area contributed by atoms with Gasteiger partial charge in [-0.25, -0.2) is 9.37 Å². The molecule has 10 aromatic rings. The molecule has 0 fully saturated rings. The van der Waals surface area contributed by atoms with Gasteiger partial charge in [0.1, 0.15) is 12.0 Å². The maximum atomic E-state index is 16.9. The zero-order valence-corrected chi connectivity index (χ0v) is 31.5. The molecule has 0 saturated carbocycles. The Hall–Kier alpha value is -6.13. The van der Waals surface area contributed by atoms with Crippen LogP contribution >= 0.6 is 0 Å². The minimum Gasteiger partial charge on any atom is -0.340 e. The first-order valence-corrected chi connectivity index (χ1v) is 18.2. The van der Waals surface area contributed by atoms with E-state index < -0.39 is 6.17 Å². The molecule has 1 aliphatic rings. The fourth-order valence-electron chi connectivity index (χ4n) is 8.68. The Labute approximate surface area is 331 Å². The summed E-state index contributed by atoms with van der Waals surface area (Å²) in [6, 6.07) is 52.6. The molecular weight excluding hydrogens is 772 g/mol. The molecule has 0 saturated heterocycles. The van der Waals surface area contributed by atoms with E-state index in [1.54, 1.807) is 6.20 Å². The van der Waals surface area contributed by atoms with Crippen molar-refractivity contribution in [3.05, 3.63) is 186 Å². The second kappa shape index (κ2) is 12.5. The summed E-state index contributed by atoms with van der Waals surface area (Å²) in [7, 11) is 0. The third-order valence-corrected chi connectivity index (χ3v) is 11.3. The Balaban J connectivity index is 0.00000372. The van der Waals surface area contributed by atoms with E-state index in [1.165, 1.54) is 0 Å². The molecule has 6 aromatic carbocycles.